The molecule has 16 heavy (non-hydrogen) atoms. The average Bonchev–Trinajstić information content (AvgIpc) is 2.65. The minimum atomic E-state index is -0.434. The maximum atomic E-state index is 10.5. The van der Waals surface area contributed by atoms with E-state index in [1.165, 1.54) is 13.0 Å². The van der Waals surface area contributed by atoms with Crippen LogP contribution in [-0.4, -0.2) is 11.7 Å². The second-order valence-corrected chi connectivity index (χ2v) is 4.12. The first kappa shape index (κ1) is 10.9. The third-order valence-corrected chi connectivity index (χ3v) is 2.83. The van der Waals surface area contributed by atoms with Crippen LogP contribution in [0.1, 0.15) is 12.5 Å². The summed E-state index contributed by atoms with van der Waals surface area (Å²) in [6, 6.07) is 3.45. The first-order valence-electron chi connectivity index (χ1n) is 4.50. The molecule has 0 saturated heterocycles. The molecule has 0 N–H and O–H groups in total. The van der Waals surface area contributed by atoms with Gasteiger partial charge in [-0.1, -0.05) is 15.9 Å². The molecule has 6 heteroatoms. The minimum absolute atomic E-state index is 0.0690. The van der Waals surface area contributed by atoms with E-state index in [4.69, 9.17) is 9.47 Å². The highest BCUT2D eigenvalue weighted by molar-refractivity contribution is 9.10. The molecule has 0 unspecified atom stereocenters. The highest BCUT2D eigenvalue weighted by atomic mass is 79.9. The van der Waals surface area contributed by atoms with Crippen molar-refractivity contribution < 1.29 is 14.4 Å². The Morgan fingerprint density at radius 3 is 2.75 bits per heavy atom. The molecule has 0 bridgehead atoms. The number of allylic oxidation sites excluding steroid dienone is 1. The fourth-order valence-corrected chi connectivity index (χ4v) is 1.76. The molecule has 0 radical (unpaired) electrons. The van der Waals surface area contributed by atoms with Gasteiger partial charge in [0.2, 0.25) is 12.5 Å². The molecule has 0 aliphatic carbocycles. The van der Waals surface area contributed by atoms with Crippen molar-refractivity contribution in [3.63, 3.8) is 0 Å². The van der Waals surface area contributed by atoms with Gasteiger partial charge in [0.1, 0.15) is 0 Å². The van der Waals surface area contributed by atoms with Crippen molar-refractivity contribution in [1.82, 2.24) is 0 Å². The third kappa shape index (κ3) is 2.01. The summed E-state index contributed by atoms with van der Waals surface area (Å²) in [5.41, 5.74) is 0.762. The predicted octanol–water partition coefficient (Wildman–Crippen LogP) is 2.82. The number of halogens is 1. The number of hydrogen-bond acceptors (Lipinski definition) is 4. The number of nitro groups is 1. The molecule has 1 heterocycles. The van der Waals surface area contributed by atoms with Crippen molar-refractivity contribution in [1.29, 1.82) is 0 Å². The second-order valence-electron chi connectivity index (χ2n) is 3.27. The maximum Gasteiger partial charge on any atom is 0.243 e. The molecule has 0 saturated carbocycles. The molecule has 0 atom stereocenters. The molecule has 0 aromatic heterocycles. The Bertz CT molecular complexity index is 484. The molecule has 2 rings (SSSR count). The number of nitrogens with zero attached hydrogens (tertiary/aromatic N) is 1. The first-order chi connectivity index (χ1) is 7.58. The molecule has 1 aliphatic heterocycles. The van der Waals surface area contributed by atoms with Gasteiger partial charge in [-0.3, -0.25) is 10.1 Å². The molecule has 0 amide bonds. The summed E-state index contributed by atoms with van der Waals surface area (Å²) in [4.78, 5) is 10.1. The quantitative estimate of drug-likeness (QED) is 0.619. The van der Waals surface area contributed by atoms with E-state index in [0.29, 0.717) is 17.1 Å². The molecule has 1 aromatic rings. The summed E-state index contributed by atoms with van der Waals surface area (Å²) in [5.74, 6) is 1.24. The van der Waals surface area contributed by atoms with Gasteiger partial charge >= 0.3 is 0 Å². The summed E-state index contributed by atoms with van der Waals surface area (Å²) in [6.45, 7) is 1.63. The van der Waals surface area contributed by atoms with Crippen molar-refractivity contribution in [2.45, 2.75) is 6.92 Å². The van der Waals surface area contributed by atoms with E-state index >= 15 is 0 Å². The summed E-state index contributed by atoms with van der Waals surface area (Å²) in [6.07, 6.45) is 1.48. The summed E-state index contributed by atoms with van der Waals surface area (Å²) < 4.78 is 11.1. The van der Waals surface area contributed by atoms with E-state index in [9.17, 15) is 10.1 Å². The molecule has 1 aliphatic rings. The normalized spacial score (nSPS) is 14.0. The maximum absolute atomic E-state index is 10.5. The van der Waals surface area contributed by atoms with Gasteiger partial charge < -0.3 is 9.47 Å². The van der Waals surface area contributed by atoms with E-state index in [-0.39, 0.29) is 12.5 Å². The smallest absolute Gasteiger partial charge is 0.243 e. The van der Waals surface area contributed by atoms with E-state index < -0.39 is 4.92 Å². The Hall–Kier alpha value is -1.56. The molecule has 0 spiro atoms. The van der Waals surface area contributed by atoms with Crippen LogP contribution >= 0.6 is 15.9 Å². The van der Waals surface area contributed by atoms with Crippen LogP contribution in [0.5, 0.6) is 11.5 Å². The average molecular weight is 286 g/mol. The van der Waals surface area contributed by atoms with Crippen LogP contribution in [0, 0.1) is 10.1 Å². The topological polar surface area (TPSA) is 61.6 Å². The Morgan fingerprint density at radius 2 is 2.12 bits per heavy atom. The molecule has 5 nitrogen and oxygen atoms in total. The van der Waals surface area contributed by atoms with Gasteiger partial charge in [0.15, 0.2) is 11.5 Å². The van der Waals surface area contributed by atoms with Gasteiger partial charge in [0.05, 0.1) is 4.92 Å². The molecule has 1 aromatic carbocycles. The lowest BCUT2D eigenvalue weighted by Gasteiger charge is -2.01. The van der Waals surface area contributed by atoms with Crippen molar-refractivity contribution in [2.24, 2.45) is 0 Å². The monoisotopic (exact) mass is 285 g/mol. The van der Waals surface area contributed by atoms with Gasteiger partial charge in [-0.15, -0.1) is 0 Å². The zero-order valence-electron chi connectivity index (χ0n) is 8.40. The number of hydrogen-bond donors (Lipinski definition) is 0. The van der Waals surface area contributed by atoms with Gasteiger partial charge in [-0.25, -0.2) is 0 Å². The van der Waals surface area contributed by atoms with Crippen LogP contribution in [0.4, 0.5) is 0 Å². The zero-order chi connectivity index (χ0) is 11.7. The number of ether oxygens (including phenoxy) is 2. The highest BCUT2D eigenvalue weighted by Gasteiger charge is 2.16. The van der Waals surface area contributed by atoms with Crippen molar-refractivity contribution in [3.8, 4) is 11.5 Å². The third-order valence-electron chi connectivity index (χ3n) is 2.14. The van der Waals surface area contributed by atoms with Crippen LogP contribution < -0.4 is 9.47 Å². The summed E-state index contributed by atoms with van der Waals surface area (Å²) in [7, 11) is 0. The van der Waals surface area contributed by atoms with Crippen LogP contribution in [0.25, 0.3) is 6.08 Å². The van der Waals surface area contributed by atoms with E-state index in [0.717, 1.165) is 4.47 Å². The lowest BCUT2D eigenvalue weighted by atomic mass is 10.2. The van der Waals surface area contributed by atoms with E-state index in [1.807, 2.05) is 0 Å². The van der Waals surface area contributed by atoms with Crippen molar-refractivity contribution >= 4 is 22.0 Å². The highest BCUT2D eigenvalue weighted by Crippen LogP contribution is 2.37. The predicted molar refractivity (Wildman–Crippen MR) is 60.9 cm³/mol. The molecular formula is C10H8BrNO4. The van der Waals surface area contributed by atoms with Crippen molar-refractivity contribution in [2.75, 3.05) is 6.79 Å². The van der Waals surface area contributed by atoms with E-state index in [1.54, 1.807) is 12.1 Å². The fraction of sp³-hybridized carbons (Fsp3) is 0.200. The number of rotatable bonds is 2. The minimum Gasteiger partial charge on any atom is -0.454 e. The van der Waals surface area contributed by atoms with E-state index in [2.05, 4.69) is 15.9 Å². The Labute approximate surface area is 99.9 Å². The molecule has 84 valence electrons. The van der Waals surface area contributed by atoms with Crippen LogP contribution in [-0.2, 0) is 0 Å². The molecule has 0 fully saturated rings. The first-order valence-corrected chi connectivity index (χ1v) is 5.29. The number of fused-ring (bicyclic) bond motifs is 1. The van der Waals surface area contributed by atoms with Crippen LogP contribution in [0.15, 0.2) is 22.3 Å². The summed E-state index contributed by atoms with van der Waals surface area (Å²) in [5, 5.41) is 10.5. The largest absolute Gasteiger partial charge is 0.454 e. The lowest BCUT2D eigenvalue weighted by Crippen LogP contribution is -1.93. The van der Waals surface area contributed by atoms with Gasteiger partial charge in [-0.05, 0) is 17.7 Å². The second kappa shape index (κ2) is 4.13. The zero-order valence-corrected chi connectivity index (χ0v) is 9.98. The molecular weight excluding hydrogens is 278 g/mol. The van der Waals surface area contributed by atoms with Gasteiger partial charge in [0.25, 0.3) is 0 Å². The Balaban J connectivity index is 2.43. The lowest BCUT2D eigenvalue weighted by molar-refractivity contribution is -0.422. The Kier molecular flexibility index (Phi) is 2.82. The Morgan fingerprint density at radius 1 is 1.50 bits per heavy atom. The fourth-order valence-electron chi connectivity index (χ4n) is 1.32. The SMILES string of the molecule is C/C(=C\c1cc2c(cc1Br)OCO2)[N+](=O)[O-]. The van der Waals surface area contributed by atoms with Gasteiger partial charge in [-0.2, -0.15) is 0 Å². The van der Waals surface area contributed by atoms with Gasteiger partial charge in [0, 0.05) is 17.5 Å². The van der Waals surface area contributed by atoms with Crippen molar-refractivity contribution in [3.05, 3.63) is 38.0 Å². The van der Waals surface area contributed by atoms with Crippen LogP contribution in [0.3, 0.4) is 0 Å². The number of benzene rings is 1. The van der Waals surface area contributed by atoms with Crippen LogP contribution in [0.2, 0.25) is 0 Å². The standard InChI is InChI=1S/C10H8BrNO4/c1-6(12(13)14)2-7-3-9-10(4-8(7)11)16-5-15-9/h2-4H,5H2,1H3/b6-2+. The summed E-state index contributed by atoms with van der Waals surface area (Å²) >= 11 is 3.32.